The molecule has 0 heterocycles. The fourth-order valence-corrected chi connectivity index (χ4v) is 2.69. The maximum Gasteiger partial charge on any atom is 0.406 e. The lowest BCUT2D eigenvalue weighted by Crippen LogP contribution is -2.53. The van der Waals surface area contributed by atoms with Gasteiger partial charge < -0.3 is 15.2 Å². The second-order valence-electron chi connectivity index (χ2n) is 6.26. The summed E-state index contributed by atoms with van der Waals surface area (Å²) in [5.74, 6) is 0.750. The molecule has 0 bridgehead atoms. The van der Waals surface area contributed by atoms with Gasteiger partial charge in [-0.05, 0) is 36.2 Å². The van der Waals surface area contributed by atoms with Crippen LogP contribution in [0.3, 0.4) is 0 Å². The van der Waals surface area contributed by atoms with Crippen LogP contribution < -0.4 is 15.4 Å². The van der Waals surface area contributed by atoms with Crippen LogP contribution in [0.4, 0.5) is 13.2 Å². The molecule has 4 nitrogen and oxygen atoms in total. The predicted molar refractivity (Wildman–Crippen MR) is 98.7 cm³/mol. The zero-order chi connectivity index (χ0) is 19.7. The molecule has 1 unspecified atom stereocenters. The molecule has 148 valence electrons. The summed E-state index contributed by atoms with van der Waals surface area (Å²) < 4.78 is 44.8. The maximum absolute atomic E-state index is 13.3. The van der Waals surface area contributed by atoms with Gasteiger partial charge in [0.25, 0.3) is 0 Å². The van der Waals surface area contributed by atoms with Crippen LogP contribution in [0.2, 0.25) is 0 Å². The fraction of sp³-hybridized carbons (Fsp3) is 0.400. The van der Waals surface area contributed by atoms with Crippen molar-refractivity contribution in [1.29, 1.82) is 0 Å². The summed E-state index contributed by atoms with van der Waals surface area (Å²) in [6.07, 6.45) is -5.47. The van der Waals surface area contributed by atoms with E-state index in [1.807, 2.05) is 24.3 Å². The van der Waals surface area contributed by atoms with Gasteiger partial charge in [-0.25, -0.2) is 0 Å². The molecule has 2 atom stereocenters. The third-order valence-electron chi connectivity index (χ3n) is 4.21. The van der Waals surface area contributed by atoms with Crippen LogP contribution in [0.15, 0.2) is 54.6 Å². The van der Waals surface area contributed by atoms with E-state index in [0.29, 0.717) is 13.0 Å². The lowest BCUT2D eigenvalue weighted by Gasteiger charge is -2.26. The van der Waals surface area contributed by atoms with Gasteiger partial charge in [-0.2, -0.15) is 13.2 Å². The molecule has 0 aromatic heterocycles. The molecule has 0 radical (unpaired) electrons. The number of aliphatic hydroxyl groups excluding tert-OH is 1. The topological polar surface area (TPSA) is 53.5 Å². The molecule has 0 aliphatic heterocycles. The minimum Gasteiger partial charge on any atom is -0.497 e. The van der Waals surface area contributed by atoms with Gasteiger partial charge in [0.2, 0.25) is 0 Å². The fourth-order valence-electron chi connectivity index (χ4n) is 2.69. The first-order valence-electron chi connectivity index (χ1n) is 8.76. The first kappa shape index (κ1) is 21.2. The molecule has 2 rings (SSSR count). The second-order valence-corrected chi connectivity index (χ2v) is 6.26. The Morgan fingerprint density at radius 3 is 2.26 bits per heavy atom. The van der Waals surface area contributed by atoms with E-state index >= 15 is 0 Å². The van der Waals surface area contributed by atoms with Gasteiger partial charge in [0.05, 0.1) is 13.2 Å². The summed E-state index contributed by atoms with van der Waals surface area (Å²) in [7, 11) is 1.58. The number of ether oxygens (including phenoxy) is 1. The van der Waals surface area contributed by atoms with E-state index in [0.717, 1.165) is 16.9 Å². The molecule has 0 fully saturated rings. The van der Waals surface area contributed by atoms with Gasteiger partial charge in [0.15, 0.2) is 0 Å². The number of hydrogen-bond donors (Lipinski definition) is 3. The first-order valence-corrected chi connectivity index (χ1v) is 8.76. The third kappa shape index (κ3) is 7.21. The van der Waals surface area contributed by atoms with E-state index in [2.05, 4.69) is 10.6 Å². The average Bonchev–Trinajstić information content (AvgIpc) is 2.65. The van der Waals surface area contributed by atoms with E-state index in [1.165, 1.54) is 0 Å². The molecule has 3 N–H and O–H groups in total. The molecule has 7 heteroatoms. The Bertz CT molecular complexity index is 663. The number of halogens is 3. The van der Waals surface area contributed by atoms with Crippen LogP contribution in [0.1, 0.15) is 11.1 Å². The summed E-state index contributed by atoms with van der Waals surface area (Å²) in [6.45, 7) is 0.350. The molecular weight excluding hydrogens is 357 g/mol. The van der Waals surface area contributed by atoms with Crippen LogP contribution in [0.5, 0.6) is 5.75 Å². The van der Waals surface area contributed by atoms with Crippen molar-refractivity contribution in [2.24, 2.45) is 0 Å². The van der Waals surface area contributed by atoms with Crippen molar-refractivity contribution in [2.45, 2.75) is 31.3 Å². The van der Waals surface area contributed by atoms with Crippen molar-refractivity contribution in [2.75, 3.05) is 20.2 Å². The van der Waals surface area contributed by atoms with E-state index < -0.39 is 18.3 Å². The lowest BCUT2D eigenvalue weighted by molar-refractivity contribution is -0.177. The monoisotopic (exact) mass is 382 g/mol. The van der Waals surface area contributed by atoms with E-state index in [9.17, 15) is 18.3 Å². The molecular formula is C20H25F3N2O2. The molecule has 0 spiro atoms. The average molecular weight is 382 g/mol. The zero-order valence-electron chi connectivity index (χ0n) is 15.2. The van der Waals surface area contributed by atoms with Gasteiger partial charge >= 0.3 is 6.18 Å². The highest BCUT2D eigenvalue weighted by Crippen LogP contribution is 2.23. The van der Waals surface area contributed by atoms with Gasteiger partial charge in [-0.3, -0.25) is 5.32 Å². The standard InChI is InChI=1S/C20H25F3N2O2/c1-27-17-9-7-15(8-10-17)11-12-24-14-18(26)19(20(21,22)23)25-13-16-5-3-2-4-6-16/h2-10,18-19,24-26H,11-14H2,1H3/t18?,19-/m1/s1. The van der Waals surface area contributed by atoms with E-state index in [-0.39, 0.29) is 13.1 Å². The van der Waals surface area contributed by atoms with Gasteiger partial charge in [0, 0.05) is 13.1 Å². The summed E-state index contributed by atoms with van der Waals surface area (Å²) in [5, 5.41) is 15.3. The Morgan fingerprint density at radius 2 is 1.67 bits per heavy atom. The second kappa shape index (κ2) is 10.3. The first-order chi connectivity index (χ1) is 12.9. The summed E-state index contributed by atoms with van der Waals surface area (Å²) in [6, 6.07) is 14.3. The van der Waals surface area contributed by atoms with Crippen molar-refractivity contribution >= 4 is 0 Å². The summed E-state index contributed by atoms with van der Waals surface area (Å²) in [4.78, 5) is 0. The van der Waals surface area contributed by atoms with Crippen molar-refractivity contribution in [3.63, 3.8) is 0 Å². The minimum absolute atomic E-state index is 0.0356. The molecule has 0 aliphatic rings. The highest BCUT2D eigenvalue weighted by Gasteiger charge is 2.43. The van der Waals surface area contributed by atoms with E-state index in [4.69, 9.17) is 4.74 Å². The van der Waals surface area contributed by atoms with Crippen LogP contribution in [0.25, 0.3) is 0 Å². The van der Waals surface area contributed by atoms with Crippen molar-refractivity contribution < 1.29 is 23.0 Å². The molecule has 27 heavy (non-hydrogen) atoms. The highest BCUT2D eigenvalue weighted by atomic mass is 19.4. The zero-order valence-corrected chi connectivity index (χ0v) is 15.2. The quantitative estimate of drug-likeness (QED) is 0.553. The number of benzene rings is 2. The van der Waals surface area contributed by atoms with Gasteiger partial charge in [-0.1, -0.05) is 42.5 Å². The number of hydrogen-bond acceptors (Lipinski definition) is 4. The number of rotatable bonds is 10. The predicted octanol–water partition coefficient (Wildman–Crippen LogP) is 2.91. The van der Waals surface area contributed by atoms with Crippen LogP contribution in [-0.2, 0) is 13.0 Å². The Hall–Kier alpha value is -2.09. The lowest BCUT2D eigenvalue weighted by atomic mass is 10.1. The van der Waals surface area contributed by atoms with E-state index in [1.54, 1.807) is 37.4 Å². The van der Waals surface area contributed by atoms with Crippen molar-refractivity contribution in [3.05, 3.63) is 65.7 Å². The smallest absolute Gasteiger partial charge is 0.406 e. The Labute approximate surface area is 157 Å². The molecule has 0 saturated carbocycles. The van der Waals surface area contributed by atoms with Crippen molar-refractivity contribution in [3.8, 4) is 5.75 Å². The highest BCUT2D eigenvalue weighted by molar-refractivity contribution is 5.27. The summed E-state index contributed by atoms with van der Waals surface area (Å²) in [5.41, 5.74) is 1.76. The third-order valence-corrected chi connectivity index (χ3v) is 4.21. The summed E-state index contributed by atoms with van der Waals surface area (Å²) >= 11 is 0. The number of methoxy groups -OCH3 is 1. The number of aliphatic hydroxyl groups is 1. The van der Waals surface area contributed by atoms with Crippen LogP contribution >= 0.6 is 0 Å². The maximum atomic E-state index is 13.3. The number of alkyl halides is 3. The van der Waals surface area contributed by atoms with Crippen LogP contribution in [-0.4, -0.2) is 43.6 Å². The molecule has 2 aromatic carbocycles. The van der Waals surface area contributed by atoms with Crippen LogP contribution in [0, 0.1) is 0 Å². The molecule has 0 aliphatic carbocycles. The molecule has 0 amide bonds. The largest absolute Gasteiger partial charge is 0.497 e. The van der Waals surface area contributed by atoms with Gasteiger partial charge in [-0.15, -0.1) is 0 Å². The Morgan fingerprint density at radius 1 is 1.00 bits per heavy atom. The minimum atomic E-state index is -4.54. The molecule has 2 aromatic rings. The Kier molecular flexibility index (Phi) is 8.09. The number of nitrogens with one attached hydrogen (secondary N) is 2. The molecule has 0 saturated heterocycles. The normalized spacial score (nSPS) is 14.0. The Balaban J connectivity index is 1.79. The van der Waals surface area contributed by atoms with Gasteiger partial charge in [0.1, 0.15) is 11.8 Å². The van der Waals surface area contributed by atoms with Crippen molar-refractivity contribution in [1.82, 2.24) is 10.6 Å². The SMILES string of the molecule is COc1ccc(CCNCC(O)[C@@H](NCc2ccccc2)C(F)(F)F)cc1.